The van der Waals surface area contributed by atoms with Crippen LogP contribution in [0, 0.1) is 10.1 Å². The van der Waals surface area contributed by atoms with Gasteiger partial charge in [-0.3, -0.25) is 10.1 Å². The maximum Gasteiger partial charge on any atom is 0.295 e. The van der Waals surface area contributed by atoms with Gasteiger partial charge in [0.05, 0.1) is 4.92 Å². The van der Waals surface area contributed by atoms with E-state index in [2.05, 4.69) is 9.97 Å². The fourth-order valence-corrected chi connectivity index (χ4v) is 1.96. The van der Waals surface area contributed by atoms with E-state index in [0.717, 1.165) is 16.5 Å². The van der Waals surface area contributed by atoms with E-state index in [1.165, 1.54) is 6.07 Å². The van der Waals surface area contributed by atoms with Crippen molar-refractivity contribution in [3.05, 3.63) is 58.9 Å². The smallest absolute Gasteiger partial charge is 0.295 e. The minimum atomic E-state index is -0.415. The number of hydrogen-bond acceptors (Lipinski definition) is 3. The Balaban J connectivity index is 2.22. The molecule has 2 aromatic heterocycles. The molecular weight excluding hydrogens is 230 g/mol. The lowest BCUT2D eigenvalue weighted by molar-refractivity contribution is -0.384. The molecule has 0 fully saturated rings. The summed E-state index contributed by atoms with van der Waals surface area (Å²) in [4.78, 5) is 17.7. The zero-order chi connectivity index (χ0) is 12.5. The number of pyridine rings is 1. The molecule has 88 valence electrons. The van der Waals surface area contributed by atoms with Gasteiger partial charge in [-0.05, 0) is 23.6 Å². The van der Waals surface area contributed by atoms with Crippen molar-refractivity contribution in [3.63, 3.8) is 0 Å². The zero-order valence-corrected chi connectivity index (χ0v) is 9.33. The number of nitro groups is 1. The first-order valence-electron chi connectivity index (χ1n) is 5.42. The molecule has 0 aliphatic rings. The number of aromatic amines is 1. The largest absolute Gasteiger partial charge is 0.361 e. The van der Waals surface area contributed by atoms with Gasteiger partial charge in [0.1, 0.15) is 5.69 Å². The minimum absolute atomic E-state index is 0.0170. The summed E-state index contributed by atoms with van der Waals surface area (Å²) in [7, 11) is 0. The van der Waals surface area contributed by atoms with Crippen LogP contribution in [0.1, 0.15) is 0 Å². The number of aromatic nitrogens is 2. The quantitative estimate of drug-likeness (QED) is 0.551. The van der Waals surface area contributed by atoms with Crippen molar-refractivity contribution in [2.75, 3.05) is 0 Å². The molecule has 0 saturated heterocycles. The summed E-state index contributed by atoms with van der Waals surface area (Å²) in [5.74, 6) is 0. The van der Waals surface area contributed by atoms with Crippen LogP contribution in [0.2, 0.25) is 0 Å². The molecule has 0 saturated carbocycles. The van der Waals surface area contributed by atoms with Crippen LogP contribution in [0.25, 0.3) is 22.2 Å². The Morgan fingerprint density at radius 3 is 2.94 bits per heavy atom. The summed E-state index contributed by atoms with van der Waals surface area (Å²) in [6.07, 6.45) is 3.39. The fourth-order valence-electron chi connectivity index (χ4n) is 1.96. The molecule has 0 atom stereocenters. The summed E-state index contributed by atoms with van der Waals surface area (Å²) in [6.45, 7) is 0. The van der Waals surface area contributed by atoms with Crippen LogP contribution < -0.4 is 0 Å². The number of nitrogens with one attached hydrogen (secondary N) is 1. The van der Waals surface area contributed by atoms with Crippen LogP contribution in [-0.2, 0) is 0 Å². The van der Waals surface area contributed by atoms with E-state index >= 15 is 0 Å². The van der Waals surface area contributed by atoms with Crippen molar-refractivity contribution in [1.82, 2.24) is 9.97 Å². The Morgan fingerprint density at radius 1 is 1.22 bits per heavy atom. The second-order valence-corrected chi connectivity index (χ2v) is 3.91. The molecule has 0 amide bonds. The lowest BCUT2D eigenvalue weighted by Crippen LogP contribution is -1.93. The highest BCUT2D eigenvalue weighted by atomic mass is 16.6. The van der Waals surface area contributed by atoms with Crippen LogP contribution in [-0.4, -0.2) is 14.9 Å². The molecule has 3 rings (SSSR count). The van der Waals surface area contributed by atoms with Crippen molar-refractivity contribution in [2.45, 2.75) is 0 Å². The first-order chi connectivity index (χ1) is 8.75. The highest BCUT2D eigenvalue weighted by Crippen LogP contribution is 2.29. The van der Waals surface area contributed by atoms with Crippen LogP contribution in [0.3, 0.4) is 0 Å². The normalized spacial score (nSPS) is 10.7. The van der Waals surface area contributed by atoms with Gasteiger partial charge in [-0.25, -0.2) is 4.98 Å². The maximum absolute atomic E-state index is 11.0. The second-order valence-electron chi connectivity index (χ2n) is 3.91. The molecule has 18 heavy (non-hydrogen) atoms. The number of H-pyrrole nitrogens is 1. The van der Waals surface area contributed by atoms with Crippen LogP contribution in [0.15, 0.2) is 48.8 Å². The molecule has 0 aliphatic carbocycles. The topological polar surface area (TPSA) is 71.8 Å². The third kappa shape index (κ3) is 1.62. The van der Waals surface area contributed by atoms with Gasteiger partial charge in [0.2, 0.25) is 0 Å². The van der Waals surface area contributed by atoms with E-state index in [-0.39, 0.29) is 5.69 Å². The minimum Gasteiger partial charge on any atom is -0.361 e. The van der Waals surface area contributed by atoms with Crippen molar-refractivity contribution in [3.8, 4) is 11.3 Å². The molecule has 5 nitrogen and oxygen atoms in total. The average molecular weight is 239 g/mol. The Hall–Kier alpha value is -2.69. The third-order valence-electron chi connectivity index (χ3n) is 2.81. The molecule has 2 heterocycles. The number of nitrogens with zero attached hydrogens (tertiary/aromatic N) is 2. The summed E-state index contributed by atoms with van der Waals surface area (Å²) >= 11 is 0. The van der Waals surface area contributed by atoms with Crippen LogP contribution >= 0.6 is 0 Å². The molecule has 3 aromatic rings. The molecule has 0 spiro atoms. The Morgan fingerprint density at radius 2 is 2.11 bits per heavy atom. The highest BCUT2D eigenvalue weighted by Gasteiger charge is 2.15. The SMILES string of the molecule is O=[N+]([O-])c1cccnc1-c1ccc2cc[nH]c2c1. The Kier molecular flexibility index (Phi) is 2.30. The first kappa shape index (κ1) is 10.5. The van der Waals surface area contributed by atoms with E-state index in [1.807, 2.05) is 30.5 Å². The van der Waals surface area contributed by atoms with Crippen molar-refractivity contribution in [1.29, 1.82) is 0 Å². The van der Waals surface area contributed by atoms with E-state index in [9.17, 15) is 10.1 Å². The lowest BCUT2D eigenvalue weighted by Gasteiger charge is -2.02. The molecule has 0 radical (unpaired) electrons. The number of hydrogen-bond donors (Lipinski definition) is 1. The van der Waals surface area contributed by atoms with Gasteiger partial charge in [0, 0.05) is 29.5 Å². The predicted molar refractivity (Wildman–Crippen MR) is 68.2 cm³/mol. The average Bonchev–Trinajstić information content (AvgIpc) is 2.85. The van der Waals surface area contributed by atoms with Crippen LogP contribution in [0.4, 0.5) is 5.69 Å². The van der Waals surface area contributed by atoms with E-state index < -0.39 is 4.92 Å². The van der Waals surface area contributed by atoms with Crippen molar-refractivity contribution in [2.24, 2.45) is 0 Å². The van der Waals surface area contributed by atoms with Crippen molar-refractivity contribution >= 4 is 16.6 Å². The van der Waals surface area contributed by atoms with E-state index in [1.54, 1.807) is 12.3 Å². The Bertz CT molecular complexity index is 734. The van der Waals surface area contributed by atoms with Gasteiger partial charge in [-0.15, -0.1) is 0 Å². The zero-order valence-electron chi connectivity index (χ0n) is 9.33. The maximum atomic E-state index is 11.0. The van der Waals surface area contributed by atoms with E-state index in [4.69, 9.17) is 0 Å². The summed E-state index contributed by atoms with van der Waals surface area (Å²) in [5, 5.41) is 12.0. The van der Waals surface area contributed by atoms with Crippen molar-refractivity contribution < 1.29 is 4.92 Å². The molecule has 0 aliphatic heterocycles. The monoisotopic (exact) mass is 239 g/mol. The number of benzene rings is 1. The second kappa shape index (κ2) is 3.96. The molecular formula is C13H9N3O2. The van der Waals surface area contributed by atoms with Gasteiger partial charge < -0.3 is 4.98 Å². The van der Waals surface area contributed by atoms with E-state index in [0.29, 0.717) is 5.69 Å². The third-order valence-corrected chi connectivity index (χ3v) is 2.81. The highest BCUT2D eigenvalue weighted by molar-refractivity contribution is 5.85. The fraction of sp³-hybridized carbons (Fsp3) is 0. The summed E-state index contributed by atoms with van der Waals surface area (Å²) < 4.78 is 0. The lowest BCUT2D eigenvalue weighted by atomic mass is 10.1. The standard InChI is InChI=1S/C13H9N3O2/c17-16(18)12-2-1-6-15-13(12)10-4-3-9-5-7-14-11(9)8-10/h1-8,14H. The summed E-state index contributed by atoms with van der Waals surface area (Å²) in [6, 6.07) is 10.6. The molecule has 1 aromatic carbocycles. The van der Waals surface area contributed by atoms with Gasteiger partial charge in [0.25, 0.3) is 5.69 Å². The molecule has 0 bridgehead atoms. The van der Waals surface area contributed by atoms with Gasteiger partial charge in [0.15, 0.2) is 0 Å². The van der Waals surface area contributed by atoms with Crippen LogP contribution in [0.5, 0.6) is 0 Å². The van der Waals surface area contributed by atoms with Gasteiger partial charge >= 0.3 is 0 Å². The van der Waals surface area contributed by atoms with Gasteiger partial charge in [-0.2, -0.15) is 0 Å². The summed E-state index contributed by atoms with van der Waals surface area (Å²) in [5.41, 5.74) is 2.08. The molecule has 0 unspecified atom stereocenters. The molecule has 5 heteroatoms. The predicted octanol–water partition coefficient (Wildman–Crippen LogP) is 3.14. The van der Waals surface area contributed by atoms with Gasteiger partial charge in [-0.1, -0.05) is 12.1 Å². The Labute approximate surface area is 102 Å². The molecule has 1 N–H and O–H groups in total. The number of rotatable bonds is 2. The number of fused-ring (bicyclic) bond motifs is 1. The first-order valence-corrected chi connectivity index (χ1v) is 5.42.